The largest absolute Gasteiger partial charge is 0.368 e. The lowest BCUT2D eigenvalue weighted by atomic mass is 10.2. The van der Waals surface area contributed by atoms with Crippen LogP contribution in [0.1, 0.15) is 25.7 Å². The predicted molar refractivity (Wildman–Crippen MR) is 57.7 cm³/mol. The first-order valence-corrected chi connectivity index (χ1v) is 5.94. The minimum atomic E-state index is -0.279. The minimum Gasteiger partial charge on any atom is -0.368 e. The molecule has 1 saturated carbocycles. The van der Waals surface area contributed by atoms with E-state index >= 15 is 0 Å². The molecule has 0 bridgehead atoms. The molecule has 5 nitrogen and oxygen atoms in total. The molecule has 2 N–H and O–H groups in total. The standard InChI is InChI=1S/C11H18N2O3/c14-10(8-3-4-8)12-5-6-13-11(15)9-2-1-7-16-9/h8-9H,1-7H2,(H,12,14)(H,13,15). The molecule has 0 spiro atoms. The topological polar surface area (TPSA) is 67.4 Å². The summed E-state index contributed by atoms with van der Waals surface area (Å²) in [6.45, 7) is 1.67. The van der Waals surface area contributed by atoms with E-state index in [-0.39, 0.29) is 23.8 Å². The first kappa shape index (κ1) is 11.4. The van der Waals surface area contributed by atoms with Crippen LogP contribution in [0.2, 0.25) is 0 Å². The van der Waals surface area contributed by atoms with Crippen molar-refractivity contribution in [3.63, 3.8) is 0 Å². The van der Waals surface area contributed by atoms with Crippen molar-refractivity contribution in [2.24, 2.45) is 5.92 Å². The van der Waals surface area contributed by atoms with Gasteiger partial charge < -0.3 is 15.4 Å². The second kappa shape index (κ2) is 5.30. The van der Waals surface area contributed by atoms with Gasteiger partial charge in [-0.2, -0.15) is 0 Å². The minimum absolute atomic E-state index is 0.0572. The second-order valence-corrected chi connectivity index (χ2v) is 4.36. The fraction of sp³-hybridized carbons (Fsp3) is 0.818. The zero-order valence-corrected chi connectivity index (χ0v) is 9.33. The van der Waals surface area contributed by atoms with Crippen molar-refractivity contribution in [3.05, 3.63) is 0 Å². The van der Waals surface area contributed by atoms with E-state index in [0.29, 0.717) is 19.7 Å². The molecule has 2 fully saturated rings. The Morgan fingerprint density at radius 3 is 2.31 bits per heavy atom. The Hall–Kier alpha value is -1.10. The van der Waals surface area contributed by atoms with Gasteiger partial charge in [0.1, 0.15) is 6.10 Å². The lowest BCUT2D eigenvalue weighted by Gasteiger charge is -2.10. The zero-order valence-electron chi connectivity index (χ0n) is 9.33. The van der Waals surface area contributed by atoms with Crippen molar-refractivity contribution in [1.29, 1.82) is 0 Å². The van der Waals surface area contributed by atoms with Crippen LogP contribution in [0.4, 0.5) is 0 Å². The van der Waals surface area contributed by atoms with Gasteiger partial charge in [-0.3, -0.25) is 9.59 Å². The normalized spacial score (nSPS) is 24.1. The van der Waals surface area contributed by atoms with Gasteiger partial charge in [0.25, 0.3) is 0 Å². The van der Waals surface area contributed by atoms with Crippen LogP contribution in [0.3, 0.4) is 0 Å². The first-order valence-electron chi connectivity index (χ1n) is 5.94. The summed E-state index contributed by atoms with van der Waals surface area (Å²) < 4.78 is 5.24. The summed E-state index contributed by atoms with van der Waals surface area (Å²) in [6.07, 6.45) is 3.50. The third kappa shape index (κ3) is 3.20. The molecule has 0 aromatic rings. The molecule has 2 aliphatic rings. The Morgan fingerprint density at radius 2 is 1.75 bits per heavy atom. The van der Waals surface area contributed by atoms with Gasteiger partial charge >= 0.3 is 0 Å². The van der Waals surface area contributed by atoms with Gasteiger partial charge in [-0.15, -0.1) is 0 Å². The average Bonchev–Trinajstić information content (AvgIpc) is 2.99. The Balaban J connectivity index is 1.53. The van der Waals surface area contributed by atoms with E-state index in [1.165, 1.54) is 0 Å². The van der Waals surface area contributed by atoms with Gasteiger partial charge in [0, 0.05) is 25.6 Å². The Morgan fingerprint density at radius 1 is 1.06 bits per heavy atom. The number of rotatable bonds is 5. The van der Waals surface area contributed by atoms with Crippen LogP contribution in [0.25, 0.3) is 0 Å². The Kier molecular flexibility index (Phi) is 3.77. The molecule has 0 radical (unpaired) electrons. The van der Waals surface area contributed by atoms with Crippen LogP contribution >= 0.6 is 0 Å². The van der Waals surface area contributed by atoms with Crippen LogP contribution in [-0.4, -0.2) is 37.6 Å². The van der Waals surface area contributed by atoms with Crippen LogP contribution in [-0.2, 0) is 14.3 Å². The number of amides is 2. The summed E-state index contributed by atoms with van der Waals surface area (Å²) >= 11 is 0. The molecule has 2 rings (SSSR count). The lowest BCUT2D eigenvalue weighted by Crippen LogP contribution is -2.39. The van der Waals surface area contributed by atoms with Gasteiger partial charge in [0.05, 0.1) is 0 Å². The van der Waals surface area contributed by atoms with Gasteiger partial charge in [-0.05, 0) is 25.7 Å². The molecule has 1 aliphatic carbocycles. The number of carbonyl (C=O) groups is 2. The summed E-state index contributed by atoms with van der Waals surface area (Å²) in [5, 5.41) is 5.56. The van der Waals surface area contributed by atoms with Crippen LogP contribution in [0, 0.1) is 5.92 Å². The highest BCUT2D eigenvalue weighted by Gasteiger charge is 2.29. The molecule has 1 atom stereocenters. The van der Waals surface area contributed by atoms with Crippen molar-refractivity contribution in [2.45, 2.75) is 31.8 Å². The molecule has 2 amide bonds. The smallest absolute Gasteiger partial charge is 0.249 e. The first-order chi connectivity index (χ1) is 7.77. The highest BCUT2D eigenvalue weighted by molar-refractivity contribution is 5.82. The number of carbonyl (C=O) groups excluding carboxylic acids is 2. The monoisotopic (exact) mass is 226 g/mol. The number of nitrogens with one attached hydrogen (secondary N) is 2. The van der Waals surface area contributed by atoms with Gasteiger partial charge in [0.2, 0.25) is 11.8 Å². The van der Waals surface area contributed by atoms with Crippen molar-refractivity contribution in [2.75, 3.05) is 19.7 Å². The van der Waals surface area contributed by atoms with E-state index in [9.17, 15) is 9.59 Å². The molecular formula is C11H18N2O3. The summed E-state index contributed by atoms with van der Waals surface area (Å²) in [5.41, 5.74) is 0. The van der Waals surface area contributed by atoms with Gasteiger partial charge in [-0.25, -0.2) is 0 Å². The molecule has 5 heteroatoms. The van der Waals surface area contributed by atoms with Crippen LogP contribution in [0.15, 0.2) is 0 Å². The van der Waals surface area contributed by atoms with E-state index in [1.807, 2.05) is 0 Å². The average molecular weight is 226 g/mol. The molecule has 1 saturated heterocycles. The third-order valence-electron chi connectivity index (χ3n) is 2.89. The molecule has 0 aromatic heterocycles. The predicted octanol–water partition coefficient (Wildman–Crippen LogP) is -0.192. The lowest BCUT2D eigenvalue weighted by molar-refractivity contribution is -0.130. The fourth-order valence-electron chi connectivity index (χ4n) is 1.76. The van der Waals surface area contributed by atoms with Gasteiger partial charge in [-0.1, -0.05) is 0 Å². The van der Waals surface area contributed by atoms with Gasteiger partial charge in [0.15, 0.2) is 0 Å². The maximum absolute atomic E-state index is 11.5. The van der Waals surface area contributed by atoms with E-state index < -0.39 is 0 Å². The van der Waals surface area contributed by atoms with Crippen LogP contribution in [0.5, 0.6) is 0 Å². The summed E-state index contributed by atoms with van der Waals surface area (Å²) in [5.74, 6) is 0.290. The third-order valence-corrected chi connectivity index (χ3v) is 2.89. The molecule has 0 aromatic carbocycles. The maximum atomic E-state index is 11.5. The van der Waals surface area contributed by atoms with E-state index in [1.54, 1.807) is 0 Å². The van der Waals surface area contributed by atoms with E-state index in [2.05, 4.69) is 10.6 Å². The van der Waals surface area contributed by atoms with Crippen molar-refractivity contribution >= 4 is 11.8 Å². The number of hydrogen-bond acceptors (Lipinski definition) is 3. The summed E-state index contributed by atoms with van der Waals surface area (Å²) in [7, 11) is 0. The highest BCUT2D eigenvalue weighted by Crippen LogP contribution is 2.28. The molecule has 1 heterocycles. The van der Waals surface area contributed by atoms with Crippen molar-refractivity contribution in [1.82, 2.24) is 10.6 Å². The van der Waals surface area contributed by atoms with Crippen molar-refractivity contribution in [3.8, 4) is 0 Å². The molecule has 1 unspecified atom stereocenters. The molecule has 90 valence electrons. The van der Waals surface area contributed by atoms with E-state index in [0.717, 1.165) is 25.7 Å². The quantitative estimate of drug-likeness (QED) is 0.638. The van der Waals surface area contributed by atoms with E-state index in [4.69, 9.17) is 4.74 Å². The van der Waals surface area contributed by atoms with Crippen LogP contribution < -0.4 is 10.6 Å². The molecular weight excluding hydrogens is 208 g/mol. The number of hydrogen-bond donors (Lipinski definition) is 2. The Labute approximate surface area is 94.9 Å². The Bertz CT molecular complexity index is 270. The molecule has 1 aliphatic heterocycles. The summed E-state index contributed by atoms with van der Waals surface area (Å²) in [4.78, 5) is 22.7. The SMILES string of the molecule is O=C(NCCNC(=O)C1CCCO1)C1CC1. The maximum Gasteiger partial charge on any atom is 0.249 e. The number of ether oxygens (including phenoxy) is 1. The zero-order chi connectivity index (χ0) is 11.4. The fourth-order valence-corrected chi connectivity index (χ4v) is 1.76. The molecule has 16 heavy (non-hydrogen) atoms. The van der Waals surface area contributed by atoms with Crippen molar-refractivity contribution < 1.29 is 14.3 Å². The highest BCUT2D eigenvalue weighted by atomic mass is 16.5. The second-order valence-electron chi connectivity index (χ2n) is 4.36. The summed E-state index contributed by atoms with van der Waals surface area (Å²) in [6, 6.07) is 0.